The third kappa shape index (κ3) is 3.58. The lowest BCUT2D eigenvalue weighted by molar-refractivity contribution is 0.236. The van der Waals surface area contributed by atoms with E-state index in [2.05, 4.69) is 42.5 Å². The van der Waals surface area contributed by atoms with Gasteiger partial charge < -0.3 is 9.15 Å². The lowest BCUT2D eigenvalue weighted by atomic mass is 10.0. The van der Waals surface area contributed by atoms with Crippen molar-refractivity contribution in [1.82, 2.24) is 0 Å². The van der Waals surface area contributed by atoms with Crippen molar-refractivity contribution in [3.63, 3.8) is 0 Å². The molecule has 0 amide bonds. The molecule has 0 aliphatic carbocycles. The molecule has 3 aromatic carbocycles. The van der Waals surface area contributed by atoms with Crippen molar-refractivity contribution in [2.24, 2.45) is 0 Å². The Labute approximate surface area is 147 Å². The van der Waals surface area contributed by atoms with E-state index in [-0.39, 0.29) is 0 Å². The minimum atomic E-state index is 0.513. The quantitative estimate of drug-likeness (QED) is 0.446. The summed E-state index contributed by atoms with van der Waals surface area (Å²) in [6.45, 7) is 0.513. The van der Waals surface area contributed by atoms with Crippen molar-refractivity contribution in [2.75, 3.05) is 0 Å². The third-order valence-corrected chi connectivity index (χ3v) is 4.38. The van der Waals surface area contributed by atoms with Gasteiger partial charge in [0.1, 0.15) is 12.2 Å². The lowest BCUT2D eigenvalue weighted by Crippen LogP contribution is -1.98. The highest BCUT2D eigenvalue weighted by atomic mass is 16.6. The lowest BCUT2D eigenvalue weighted by Gasteiger charge is -2.06. The van der Waals surface area contributed by atoms with Crippen LogP contribution in [0.15, 0.2) is 89.3 Å². The van der Waals surface area contributed by atoms with E-state index in [0.717, 1.165) is 34.9 Å². The Morgan fingerprint density at radius 3 is 2.04 bits per heavy atom. The fourth-order valence-corrected chi connectivity index (χ4v) is 3.07. The maximum absolute atomic E-state index is 6.03. The first kappa shape index (κ1) is 15.5. The first-order valence-corrected chi connectivity index (χ1v) is 8.61. The molecule has 4 aromatic rings. The zero-order valence-corrected chi connectivity index (χ0v) is 14.0. The van der Waals surface area contributed by atoms with Crippen LogP contribution in [0.3, 0.4) is 0 Å². The Hall–Kier alpha value is -3.00. The molecule has 2 heteroatoms. The number of furan rings is 1. The van der Waals surface area contributed by atoms with E-state index in [1.807, 2.05) is 42.5 Å². The van der Waals surface area contributed by atoms with E-state index in [4.69, 9.17) is 9.15 Å². The highest BCUT2D eigenvalue weighted by Crippen LogP contribution is 2.33. The molecule has 4 rings (SSSR count). The second-order valence-corrected chi connectivity index (χ2v) is 6.12. The van der Waals surface area contributed by atoms with E-state index < -0.39 is 0 Å². The highest BCUT2D eigenvalue weighted by Gasteiger charge is 2.15. The summed E-state index contributed by atoms with van der Waals surface area (Å²) in [6, 6.07) is 28.8. The van der Waals surface area contributed by atoms with Gasteiger partial charge in [-0.15, -0.1) is 0 Å². The Kier molecular flexibility index (Phi) is 4.51. The molecule has 0 spiro atoms. The molecular weight excluding hydrogens is 308 g/mol. The zero-order chi connectivity index (χ0) is 16.9. The molecule has 1 heterocycles. The molecule has 0 atom stereocenters. The zero-order valence-electron chi connectivity index (χ0n) is 14.0. The van der Waals surface area contributed by atoms with Crippen molar-refractivity contribution in [3.8, 4) is 5.95 Å². The molecule has 1 aromatic heterocycles. The predicted octanol–water partition coefficient (Wildman–Crippen LogP) is 5.80. The van der Waals surface area contributed by atoms with Gasteiger partial charge in [0.05, 0.1) is 0 Å². The summed E-state index contributed by atoms with van der Waals surface area (Å²) < 4.78 is 12.0. The van der Waals surface area contributed by atoms with Crippen LogP contribution in [0, 0.1) is 0 Å². The van der Waals surface area contributed by atoms with Gasteiger partial charge in [-0.2, -0.15) is 0 Å². The maximum Gasteiger partial charge on any atom is 0.289 e. The van der Waals surface area contributed by atoms with Crippen LogP contribution < -0.4 is 4.74 Å². The molecule has 0 fully saturated rings. The fourth-order valence-electron chi connectivity index (χ4n) is 3.07. The summed E-state index contributed by atoms with van der Waals surface area (Å²) in [6.07, 6.45) is 1.86. The maximum atomic E-state index is 6.03. The largest absolute Gasteiger partial charge is 0.460 e. The van der Waals surface area contributed by atoms with Crippen LogP contribution in [0.4, 0.5) is 0 Å². The number of para-hydroxylation sites is 1. The molecule has 0 saturated carbocycles. The van der Waals surface area contributed by atoms with Gasteiger partial charge in [-0.25, -0.2) is 0 Å². The van der Waals surface area contributed by atoms with Crippen molar-refractivity contribution in [2.45, 2.75) is 19.4 Å². The smallest absolute Gasteiger partial charge is 0.289 e. The van der Waals surface area contributed by atoms with E-state index in [1.165, 1.54) is 5.56 Å². The monoisotopic (exact) mass is 328 g/mol. The molecule has 0 bridgehead atoms. The average molecular weight is 328 g/mol. The third-order valence-electron chi connectivity index (χ3n) is 4.38. The molecule has 0 unspecified atom stereocenters. The summed E-state index contributed by atoms with van der Waals surface area (Å²) >= 11 is 0. The summed E-state index contributed by atoms with van der Waals surface area (Å²) in [7, 11) is 0. The number of hydrogen-bond acceptors (Lipinski definition) is 2. The standard InChI is InChI=1S/C23H20O2/c1-3-9-18(10-4-1)15-16-21-20-13-7-8-14-22(20)25-23(21)24-17-19-11-5-2-6-12-19/h1-14H,15-17H2. The Balaban J connectivity index is 1.59. The van der Waals surface area contributed by atoms with Gasteiger partial charge in [-0.05, 0) is 30.0 Å². The van der Waals surface area contributed by atoms with E-state index >= 15 is 0 Å². The van der Waals surface area contributed by atoms with Gasteiger partial charge in [0.2, 0.25) is 0 Å². The Morgan fingerprint density at radius 2 is 1.28 bits per heavy atom. The fraction of sp³-hybridized carbons (Fsp3) is 0.130. The molecule has 124 valence electrons. The Bertz CT molecular complexity index is 940. The minimum absolute atomic E-state index is 0.513. The van der Waals surface area contributed by atoms with Crippen LogP contribution in [0.2, 0.25) is 0 Å². The van der Waals surface area contributed by atoms with Crippen LogP contribution in [0.25, 0.3) is 11.0 Å². The molecule has 25 heavy (non-hydrogen) atoms. The second-order valence-electron chi connectivity index (χ2n) is 6.12. The van der Waals surface area contributed by atoms with E-state index in [0.29, 0.717) is 12.6 Å². The summed E-state index contributed by atoms with van der Waals surface area (Å²) in [5.74, 6) is 0.640. The summed E-state index contributed by atoms with van der Waals surface area (Å²) in [4.78, 5) is 0. The topological polar surface area (TPSA) is 22.4 Å². The van der Waals surface area contributed by atoms with Crippen molar-refractivity contribution >= 4 is 11.0 Å². The van der Waals surface area contributed by atoms with Crippen molar-refractivity contribution in [1.29, 1.82) is 0 Å². The van der Waals surface area contributed by atoms with Gasteiger partial charge in [0, 0.05) is 10.9 Å². The number of benzene rings is 3. The highest BCUT2D eigenvalue weighted by molar-refractivity contribution is 5.83. The average Bonchev–Trinajstić information content (AvgIpc) is 3.04. The normalized spacial score (nSPS) is 10.9. The van der Waals surface area contributed by atoms with Crippen LogP contribution in [-0.4, -0.2) is 0 Å². The van der Waals surface area contributed by atoms with E-state index in [9.17, 15) is 0 Å². The minimum Gasteiger partial charge on any atom is -0.460 e. The first-order chi connectivity index (χ1) is 12.4. The summed E-state index contributed by atoms with van der Waals surface area (Å²) in [5.41, 5.74) is 4.49. The van der Waals surface area contributed by atoms with Gasteiger partial charge >= 0.3 is 0 Å². The summed E-state index contributed by atoms with van der Waals surface area (Å²) in [5, 5.41) is 1.14. The van der Waals surface area contributed by atoms with Gasteiger partial charge in [-0.1, -0.05) is 78.9 Å². The SMILES string of the molecule is c1ccc(CCc2c(OCc3ccccc3)oc3ccccc23)cc1. The molecule has 2 nitrogen and oxygen atoms in total. The van der Waals surface area contributed by atoms with E-state index in [1.54, 1.807) is 0 Å². The number of aryl methyl sites for hydroxylation is 2. The first-order valence-electron chi connectivity index (χ1n) is 8.61. The number of ether oxygens (including phenoxy) is 1. The van der Waals surface area contributed by atoms with Gasteiger partial charge in [0.25, 0.3) is 5.95 Å². The molecule has 0 saturated heterocycles. The molecular formula is C23H20O2. The van der Waals surface area contributed by atoms with Crippen molar-refractivity contribution < 1.29 is 9.15 Å². The number of rotatable bonds is 6. The van der Waals surface area contributed by atoms with Crippen LogP contribution in [-0.2, 0) is 19.4 Å². The number of hydrogen-bond donors (Lipinski definition) is 0. The molecule has 0 N–H and O–H groups in total. The van der Waals surface area contributed by atoms with Crippen molar-refractivity contribution in [3.05, 3.63) is 102 Å². The molecule has 0 aliphatic heterocycles. The predicted molar refractivity (Wildman–Crippen MR) is 101 cm³/mol. The second kappa shape index (κ2) is 7.27. The van der Waals surface area contributed by atoms with Crippen LogP contribution >= 0.6 is 0 Å². The van der Waals surface area contributed by atoms with Gasteiger partial charge in [0.15, 0.2) is 0 Å². The van der Waals surface area contributed by atoms with Crippen LogP contribution in [0.1, 0.15) is 16.7 Å². The molecule has 0 aliphatic rings. The Morgan fingerprint density at radius 1 is 0.640 bits per heavy atom. The van der Waals surface area contributed by atoms with Crippen LogP contribution in [0.5, 0.6) is 5.95 Å². The van der Waals surface area contributed by atoms with Gasteiger partial charge in [-0.3, -0.25) is 0 Å². The molecule has 0 radical (unpaired) electrons. The number of fused-ring (bicyclic) bond motifs is 1.